The smallest absolute Gasteiger partial charge is 0.212 e. The second-order valence-corrected chi connectivity index (χ2v) is 3.95. The van der Waals surface area contributed by atoms with Crippen LogP contribution in [0.4, 0.5) is 5.82 Å². The molecule has 3 rings (SSSR count). The molecule has 0 unspecified atom stereocenters. The summed E-state index contributed by atoms with van der Waals surface area (Å²) in [5.41, 5.74) is 0.759. The predicted octanol–water partition coefficient (Wildman–Crippen LogP) is 1.31. The SMILES string of the molecule is CNc1ncnc2c1cnn2-c1nccs1. The molecule has 0 saturated heterocycles. The van der Waals surface area contributed by atoms with Gasteiger partial charge in [-0.05, 0) is 0 Å². The van der Waals surface area contributed by atoms with Gasteiger partial charge in [0.1, 0.15) is 12.1 Å². The van der Waals surface area contributed by atoms with Crippen LogP contribution in [0.3, 0.4) is 0 Å². The molecular formula is C9H8N6S. The summed E-state index contributed by atoms with van der Waals surface area (Å²) in [6.45, 7) is 0. The van der Waals surface area contributed by atoms with Gasteiger partial charge >= 0.3 is 0 Å². The van der Waals surface area contributed by atoms with Crippen LogP contribution in [0, 0.1) is 0 Å². The number of nitrogens with one attached hydrogen (secondary N) is 1. The zero-order valence-corrected chi connectivity index (χ0v) is 9.27. The molecular weight excluding hydrogens is 224 g/mol. The van der Waals surface area contributed by atoms with E-state index in [1.165, 1.54) is 17.7 Å². The third-order valence-electron chi connectivity index (χ3n) is 2.20. The Hall–Kier alpha value is -2.02. The van der Waals surface area contributed by atoms with Crippen molar-refractivity contribution in [2.75, 3.05) is 12.4 Å². The lowest BCUT2D eigenvalue weighted by atomic mass is 10.4. The molecule has 3 aromatic heterocycles. The number of rotatable bonds is 2. The number of fused-ring (bicyclic) bond motifs is 1. The molecule has 0 aliphatic carbocycles. The monoisotopic (exact) mass is 232 g/mol. The third kappa shape index (κ3) is 1.25. The van der Waals surface area contributed by atoms with Crippen LogP contribution < -0.4 is 5.32 Å². The molecule has 3 heterocycles. The number of hydrogen-bond donors (Lipinski definition) is 1. The van der Waals surface area contributed by atoms with Gasteiger partial charge in [0.25, 0.3) is 0 Å². The maximum Gasteiger partial charge on any atom is 0.212 e. The maximum atomic E-state index is 4.27. The van der Waals surface area contributed by atoms with Crippen LogP contribution >= 0.6 is 11.3 Å². The number of aromatic nitrogens is 5. The Morgan fingerprint density at radius 1 is 1.31 bits per heavy atom. The zero-order chi connectivity index (χ0) is 11.0. The summed E-state index contributed by atoms with van der Waals surface area (Å²) in [6.07, 6.45) is 5.00. The molecule has 3 aromatic rings. The molecule has 0 radical (unpaired) electrons. The number of nitrogens with zero attached hydrogens (tertiary/aromatic N) is 5. The van der Waals surface area contributed by atoms with Gasteiger partial charge in [-0.1, -0.05) is 0 Å². The van der Waals surface area contributed by atoms with E-state index in [4.69, 9.17) is 0 Å². The van der Waals surface area contributed by atoms with Crippen molar-refractivity contribution >= 4 is 28.2 Å². The highest BCUT2D eigenvalue weighted by Crippen LogP contribution is 2.21. The third-order valence-corrected chi connectivity index (χ3v) is 2.95. The van der Waals surface area contributed by atoms with Gasteiger partial charge < -0.3 is 5.32 Å². The van der Waals surface area contributed by atoms with Gasteiger partial charge in [-0.3, -0.25) is 0 Å². The molecule has 7 heteroatoms. The maximum absolute atomic E-state index is 4.27. The summed E-state index contributed by atoms with van der Waals surface area (Å²) >= 11 is 1.52. The van der Waals surface area contributed by atoms with Gasteiger partial charge in [-0.2, -0.15) is 9.78 Å². The quantitative estimate of drug-likeness (QED) is 0.721. The van der Waals surface area contributed by atoms with E-state index >= 15 is 0 Å². The van der Waals surface area contributed by atoms with Crippen molar-refractivity contribution in [3.63, 3.8) is 0 Å². The van der Waals surface area contributed by atoms with Crippen molar-refractivity contribution in [1.29, 1.82) is 0 Å². The number of hydrogen-bond acceptors (Lipinski definition) is 6. The van der Waals surface area contributed by atoms with E-state index in [0.29, 0.717) is 0 Å². The molecule has 0 amide bonds. The fraction of sp³-hybridized carbons (Fsp3) is 0.111. The summed E-state index contributed by atoms with van der Waals surface area (Å²) in [5.74, 6) is 0.771. The minimum Gasteiger partial charge on any atom is -0.372 e. The van der Waals surface area contributed by atoms with E-state index in [-0.39, 0.29) is 0 Å². The van der Waals surface area contributed by atoms with Gasteiger partial charge in [0.05, 0.1) is 11.6 Å². The first-order valence-corrected chi connectivity index (χ1v) is 5.54. The van der Waals surface area contributed by atoms with Gasteiger partial charge in [0.15, 0.2) is 5.65 Å². The first kappa shape index (κ1) is 9.22. The summed E-state index contributed by atoms with van der Waals surface area (Å²) in [4.78, 5) is 12.6. The lowest BCUT2D eigenvalue weighted by Gasteiger charge is -2.00. The average molecular weight is 232 g/mol. The van der Waals surface area contributed by atoms with Crippen molar-refractivity contribution in [3.05, 3.63) is 24.1 Å². The topological polar surface area (TPSA) is 68.5 Å². The van der Waals surface area contributed by atoms with E-state index < -0.39 is 0 Å². The molecule has 16 heavy (non-hydrogen) atoms. The van der Waals surface area contributed by atoms with E-state index in [9.17, 15) is 0 Å². The Bertz CT molecular complexity index is 614. The highest BCUT2D eigenvalue weighted by atomic mass is 32.1. The van der Waals surface area contributed by atoms with Crippen LogP contribution in [0.25, 0.3) is 16.2 Å². The Kier molecular flexibility index (Phi) is 2.03. The molecule has 6 nitrogen and oxygen atoms in total. The Labute approximate surface area is 95.0 Å². The zero-order valence-electron chi connectivity index (χ0n) is 8.45. The van der Waals surface area contributed by atoms with E-state index in [1.807, 2.05) is 12.4 Å². The number of thiazole rings is 1. The average Bonchev–Trinajstić information content (AvgIpc) is 2.96. The molecule has 0 aliphatic heterocycles. The van der Waals surface area contributed by atoms with Gasteiger partial charge in [0, 0.05) is 18.6 Å². The van der Waals surface area contributed by atoms with Crippen molar-refractivity contribution in [1.82, 2.24) is 24.7 Å². The van der Waals surface area contributed by atoms with Gasteiger partial charge in [-0.25, -0.2) is 15.0 Å². The fourth-order valence-corrected chi connectivity index (χ4v) is 2.10. The standard InChI is InChI=1S/C9H8N6S/c1-10-7-6-4-14-15(8(6)13-5-12-7)9-11-2-3-16-9/h2-5H,1H3,(H,10,12,13). The molecule has 0 fully saturated rings. The molecule has 0 aliphatic rings. The molecule has 0 atom stereocenters. The minimum atomic E-state index is 0.759. The van der Waals surface area contributed by atoms with E-state index in [1.54, 1.807) is 17.1 Å². The fourth-order valence-electron chi connectivity index (χ4n) is 1.50. The second-order valence-electron chi connectivity index (χ2n) is 3.08. The predicted molar refractivity (Wildman–Crippen MR) is 61.9 cm³/mol. The van der Waals surface area contributed by atoms with Crippen LogP contribution in [0.2, 0.25) is 0 Å². The largest absolute Gasteiger partial charge is 0.372 e. The number of anilines is 1. The van der Waals surface area contributed by atoms with Gasteiger partial charge in [-0.15, -0.1) is 11.3 Å². The molecule has 80 valence electrons. The Balaban J connectivity index is 2.29. The van der Waals surface area contributed by atoms with Gasteiger partial charge in [0.2, 0.25) is 5.13 Å². The van der Waals surface area contributed by atoms with E-state index in [2.05, 4.69) is 25.4 Å². The van der Waals surface area contributed by atoms with Crippen molar-refractivity contribution in [3.8, 4) is 5.13 Å². The molecule has 0 saturated carbocycles. The summed E-state index contributed by atoms with van der Waals surface area (Å²) < 4.78 is 1.71. The van der Waals surface area contributed by atoms with Crippen molar-refractivity contribution in [2.24, 2.45) is 0 Å². The normalized spacial score (nSPS) is 10.8. The van der Waals surface area contributed by atoms with Crippen LogP contribution in [-0.2, 0) is 0 Å². The van der Waals surface area contributed by atoms with Crippen molar-refractivity contribution < 1.29 is 0 Å². The van der Waals surface area contributed by atoms with Crippen LogP contribution in [0.1, 0.15) is 0 Å². The summed E-state index contributed by atoms with van der Waals surface area (Å²) in [7, 11) is 1.82. The molecule has 0 bridgehead atoms. The van der Waals surface area contributed by atoms with Crippen LogP contribution in [0.5, 0.6) is 0 Å². The summed E-state index contributed by atoms with van der Waals surface area (Å²) in [6, 6.07) is 0. The second kappa shape index (κ2) is 3.53. The van der Waals surface area contributed by atoms with Crippen molar-refractivity contribution in [2.45, 2.75) is 0 Å². The lowest BCUT2D eigenvalue weighted by molar-refractivity contribution is 0.884. The van der Waals surface area contributed by atoms with Crippen LogP contribution in [0.15, 0.2) is 24.1 Å². The first-order chi connectivity index (χ1) is 7.90. The molecule has 0 aromatic carbocycles. The summed E-state index contributed by atoms with van der Waals surface area (Å²) in [5, 5.41) is 10.9. The Morgan fingerprint density at radius 2 is 2.25 bits per heavy atom. The highest BCUT2D eigenvalue weighted by molar-refractivity contribution is 7.12. The molecule has 1 N–H and O–H groups in total. The first-order valence-electron chi connectivity index (χ1n) is 4.66. The Morgan fingerprint density at radius 3 is 3.00 bits per heavy atom. The molecule has 0 spiro atoms. The van der Waals surface area contributed by atoms with E-state index in [0.717, 1.165) is 22.0 Å². The van der Waals surface area contributed by atoms with Crippen LogP contribution in [-0.4, -0.2) is 31.8 Å². The highest BCUT2D eigenvalue weighted by Gasteiger charge is 2.10. The lowest BCUT2D eigenvalue weighted by Crippen LogP contribution is -1.98. The minimum absolute atomic E-state index is 0.759.